The number of aromatic nitrogens is 2. The fraction of sp³-hybridized carbons (Fsp3) is 0.667. The molecule has 1 amide bonds. The third kappa shape index (κ3) is 4.13. The quantitative estimate of drug-likeness (QED) is 0.618. The van der Waals surface area contributed by atoms with E-state index in [4.69, 9.17) is 11.6 Å². The van der Waals surface area contributed by atoms with Crippen molar-refractivity contribution in [3.63, 3.8) is 0 Å². The van der Waals surface area contributed by atoms with E-state index in [2.05, 4.69) is 14.9 Å². The van der Waals surface area contributed by atoms with E-state index in [1.807, 2.05) is 0 Å². The molecule has 0 aliphatic carbocycles. The van der Waals surface area contributed by atoms with E-state index < -0.39 is 0 Å². The van der Waals surface area contributed by atoms with Gasteiger partial charge in [-0.1, -0.05) is 10.9 Å². The Morgan fingerprint density at radius 1 is 1.47 bits per heavy atom. The summed E-state index contributed by atoms with van der Waals surface area (Å²) in [6.07, 6.45) is 3.01. The average molecular weight is 248 g/mol. The van der Waals surface area contributed by atoms with Gasteiger partial charge in [-0.05, 0) is 31.3 Å². The summed E-state index contributed by atoms with van der Waals surface area (Å²) < 4.78 is 3.71. The maximum Gasteiger partial charge on any atom is 0.264 e. The minimum absolute atomic E-state index is 0.0756. The van der Waals surface area contributed by atoms with Crippen molar-refractivity contribution in [2.45, 2.75) is 26.2 Å². The highest BCUT2D eigenvalue weighted by molar-refractivity contribution is 7.07. The van der Waals surface area contributed by atoms with E-state index in [0.717, 1.165) is 30.8 Å². The minimum atomic E-state index is -0.0756. The van der Waals surface area contributed by atoms with Crippen LogP contribution in [0.2, 0.25) is 0 Å². The smallest absolute Gasteiger partial charge is 0.264 e. The van der Waals surface area contributed by atoms with Crippen LogP contribution in [-0.2, 0) is 0 Å². The van der Waals surface area contributed by atoms with Crippen LogP contribution in [0.5, 0.6) is 0 Å². The van der Waals surface area contributed by atoms with Crippen molar-refractivity contribution in [2.24, 2.45) is 0 Å². The highest BCUT2D eigenvalue weighted by atomic mass is 35.5. The molecule has 1 N–H and O–H groups in total. The lowest BCUT2D eigenvalue weighted by molar-refractivity contribution is 0.0956. The SMILES string of the molecule is Cc1nnsc1C(=O)NCCCCCCl. The fourth-order valence-electron chi connectivity index (χ4n) is 1.12. The van der Waals surface area contributed by atoms with Gasteiger partial charge < -0.3 is 5.32 Å². The lowest BCUT2D eigenvalue weighted by Crippen LogP contribution is -2.24. The van der Waals surface area contributed by atoms with Crippen LogP contribution in [0.3, 0.4) is 0 Å². The van der Waals surface area contributed by atoms with Crippen LogP contribution in [0.15, 0.2) is 0 Å². The summed E-state index contributed by atoms with van der Waals surface area (Å²) in [5.74, 6) is 0.611. The number of amides is 1. The molecular formula is C9H14ClN3OS. The van der Waals surface area contributed by atoms with Crippen molar-refractivity contribution in [1.29, 1.82) is 0 Å². The van der Waals surface area contributed by atoms with E-state index in [0.29, 0.717) is 23.0 Å². The first kappa shape index (κ1) is 12.4. The van der Waals surface area contributed by atoms with E-state index in [9.17, 15) is 4.79 Å². The number of rotatable bonds is 6. The van der Waals surface area contributed by atoms with Crippen LogP contribution < -0.4 is 5.32 Å². The monoisotopic (exact) mass is 247 g/mol. The van der Waals surface area contributed by atoms with Crippen LogP contribution >= 0.6 is 23.1 Å². The Morgan fingerprint density at radius 3 is 2.87 bits per heavy atom. The first-order valence-corrected chi connectivity index (χ1v) is 6.19. The Labute approximate surface area is 98.2 Å². The maximum atomic E-state index is 11.6. The second kappa shape index (κ2) is 6.74. The molecule has 0 fully saturated rings. The van der Waals surface area contributed by atoms with E-state index in [1.165, 1.54) is 0 Å². The standard InChI is InChI=1S/C9H14ClN3OS/c1-7-8(15-13-12-7)9(14)11-6-4-2-3-5-10/h2-6H2,1H3,(H,11,14). The number of carbonyl (C=O) groups excluding carboxylic acids is 1. The highest BCUT2D eigenvalue weighted by Gasteiger charge is 2.11. The summed E-state index contributed by atoms with van der Waals surface area (Å²) in [6, 6.07) is 0. The van der Waals surface area contributed by atoms with E-state index in [1.54, 1.807) is 6.92 Å². The molecule has 0 aliphatic heterocycles. The van der Waals surface area contributed by atoms with E-state index in [-0.39, 0.29) is 5.91 Å². The molecule has 6 heteroatoms. The van der Waals surface area contributed by atoms with Gasteiger partial charge >= 0.3 is 0 Å². The molecule has 0 saturated heterocycles. The molecule has 0 saturated carbocycles. The fourth-order valence-corrected chi connectivity index (χ4v) is 1.88. The second-order valence-corrected chi connectivity index (χ2v) is 4.33. The van der Waals surface area contributed by atoms with Gasteiger partial charge in [0.2, 0.25) is 0 Å². The second-order valence-electron chi connectivity index (χ2n) is 3.19. The lowest BCUT2D eigenvalue weighted by atomic mass is 10.2. The zero-order valence-corrected chi connectivity index (χ0v) is 10.2. The first-order chi connectivity index (χ1) is 7.25. The van der Waals surface area contributed by atoms with Crippen molar-refractivity contribution in [3.8, 4) is 0 Å². The molecule has 1 aromatic heterocycles. The van der Waals surface area contributed by atoms with Gasteiger partial charge in [0.05, 0.1) is 5.69 Å². The van der Waals surface area contributed by atoms with Crippen LogP contribution in [0.4, 0.5) is 0 Å². The van der Waals surface area contributed by atoms with Gasteiger partial charge in [-0.25, -0.2) is 0 Å². The number of carbonyl (C=O) groups is 1. The predicted octanol–water partition coefficient (Wildman–Crippen LogP) is 1.99. The topological polar surface area (TPSA) is 54.9 Å². The van der Waals surface area contributed by atoms with Crippen molar-refractivity contribution in [1.82, 2.24) is 14.9 Å². The summed E-state index contributed by atoms with van der Waals surface area (Å²) in [6.45, 7) is 2.47. The number of nitrogens with zero attached hydrogens (tertiary/aromatic N) is 2. The first-order valence-electron chi connectivity index (χ1n) is 4.89. The number of alkyl halides is 1. The molecule has 0 spiro atoms. The number of aryl methyl sites for hydroxylation is 1. The zero-order valence-electron chi connectivity index (χ0n) is 8.62. The number of halogens is 1. The Hall–Kier alpha value is -0.680. The Balaban J connectivity index is 2.22. The van der Waals surface area contributed by atoms with Gasteiger partial charge in [0.15, 0.2) is 0 Å². The van der Waals surface area contributed by atoms with Gasteiger partial charge in [-0.2, -0.15) is 0 Å². The predicted molar refractivity (Wildman–Crippen MR) is 61.6 cm³/mol. The van der Waals surface area contributed by atoms with Crippen molar-refractivity contribution in [2.75, 3.05) is 12.4 Å². The molecule has 0 radical (unpaired) electrons. The van der Waals surface area contributed by atoms with Crippen molar-refractivity contribution >= 4 is 29.0 Å². The molecule has 1 rings (SSSR count). The Morgan fingerprint density at radius 2 is 2.27 bits per heavy atom. The summed E-state index contributed by atoms with van der Waals surface area (Å²) in [5.41, 5.74) is 0.693. The number of hydrogen-bond acceptors (Lipinski definition) is 4. The van der Waals surface area contributed by atoms with E-state index >= 15 is 0 Å². The average Bonchev–Trinajstić information content (AvgIpc) is 2.64. The third-order valence-electron chi connectivity index (χ3n) is 1.95. The minimum Gasteiger partial charge on any atom is -0.351 e. The number of unbranched alkanes of at least 4 members (excludes halogenated alkanes) is 2. The summed E-state index contributed by atoms with van der Waals surface area (Å²) in [7, 11) is 0. The molecule has 0 bridgehead atoms. The molecule has 84 valence electrons. The van der Waals surface area contributed by atoms with Crippen molar-refractivity contribution in [3.05, 3.63) is 10.6 Å². The molecule has 0 atom stereocenters. The maximum absolute atomic E-state index is 11.6. The number of hydrogen-bond donors (Lipinski definition) is 1. The molecule has 0 aromatic carbocycles. The molecule has 1 aromatic rings. The summed E-state index contributed by atoms with van der Waals surface area (Å²) >= 11 is 6.67. The molecule has 0 unspecified atom stereocenters. The Kier molecular flexibility index (Phi) is 5.57. The molecule has 4 nitrogen and oxygen atoms in total. The normalized spacial score (nSPS) is 10.3. The largest absolute Gasteiger partial charge is 0.351 e. The molecular weight excluding hydrogens is 234 g/mol. The molecule has 1 heterocycles. The van der Waals surface area contributed by atoms with Crippen LogP contribution in [0.25, 0.3) is 0 Å². The van der Waals surface area contributed by atoms with Crippen LogP contribution in [-0.4, -0.2) is 27.9 Å². The third-order valence-corrected chi connectivity index (χ3v) is 3.05. The van der Waals surface area contributed by atoms with Gasteiger partial charge in [0.25, 0.3) is 5.91 Å². The van der Waals surface area contributed by atoms with Gasteiger partial charge in [0.1, 0.15) is 4.88 Å². The summed E-state index contributed by atoms with van der Waals surface area (Å²) in [5, 5.41) is 6.62. The Bertz CT molecular complexity index is 316. The molecule has 15 heavy (non-hydrogen) atoms. The van der Waals surface area contributed by atoms with Crippen LogP contribution in [0.1, 0.15) is 34.6 Å². The van der Waals surface area contributed by atoms with Gasteiger partial charge in [0, 0.05) is 12.4 Å². The zero-order chi connectivity index (χ0) is 11.1. The molecule has 0 aliphatic rings. The van der Waals surface area contributed by atoms with Crippen LogP contribution in [0, 0.1) is 6.92 Å². The highest BCUT2D eigenvalue weighted by Crippen LogP contribution is 2.08. The number of nitrogens with one attached hydrogen (secondary N) is 1. The van der Waals surface area contributed by atoms with Gasteiger partial charge in [-0.3, -0.25) is 4.79 Å². The summed E-state index contributed by atoms with van der Waals surface area (Å²) in [4.78, 5) is 12.2. The van der Waals surface area contributed by atoms with Crippen molar-refractivity contribution < 1.29 is 4.79 Å². The van der Waals surface area contributed by atoms with Gasteiger partial charge in [-0.15, -0.1) is 16.7 Å². The lowest BCUT2D eigenvalue weighted by Gasteiger charge is -2.02.